The van der Waals surface area contributed by atoms with Gasteiger partial charge in [-0.25, -0.2) is 0 Å². The van der Waals surface area contributed by atoms with E-state index in [1.165, 1.54) is 44.1 Å². The van der Waals surface area contributed by atoms with Crippen molar-refractivity contribution in [2.45, 2.75) is 58.8 Å². The van der Waals surface area contributed by atoms with Crippen molar-refractivity contribution in [3.8, 4) is 0 Å². The third-order valence-electron chi connectivity index (χ3n) is 4.52. The summed E-state index contributed by atoms with van der Waals surface area (Å²) in [6, 6.07) is 10.9. The molecule has 0 aromatic heterocycles. The lowest BCUT2D eigenvalue weighted by Gasteiger charge is -2.25. The lowest BCUT2D eigenvalue weighted by atomic mass is 9.79. The van der Waals surface area contributed by atoms with E-state index in [1.54, 1.807) is 0 Å². The Morgan fingerprint density at radius 2 is 1.55 bits per heavy atom. The van der Waals surface area contributed by atoms with E-state index in [-0.39, 0.29) is 0 Å². The van der Waals surface area contributed by atoms with E-state index in [0.717, 1.165) is 12.6 Å². The maximum atomic E-state index is 4.53. The summed E-state index contributed by atoms with van der Waals surface area (Å²) < 4.78 is 0. The molecule has 22 heavy (non-hydrogen) atoms. The van der Waals surface area contributed by atoms with Gasteiger partial charge >= 0.3 is 0 Å². The maximum absolute atomic E-state index is 4.53. The zero-order chi connectivity index (χ0) is 15.6. The van der Waals surface area contributed by atoms with Crippen molar-refractivity contribution < 1.29 is 0 Å². The SMILES string of the molecule is CCCCC(Cc1ccccc1)C(CCCC)[C+]1N=CC=N1. The molecule has 1 aromatic carbocycles. The van der Waals surface area contributed by atoms with Gasteiger partial charge in [-0.05, 0) is 30.7 Å². The predicted molar refractivity (Wildman–Crippen MR) is 96.4 cm³/mol. The van der Waals surface area contributed by atoms with Gasteiger partial charge in [-0.1, -0.05) is 79.8 Å². The van der Waals surface area contributed by atoms with Crippen LogP contribution in [0.25, 0.3) is 0 Å². The first-order valence-corrected chi connectivity index (χ1v) is 8.82. The normalized spacial score (nSPS) is 16.2. The summed E-state index contributed by atoms with van der Waals surface area (Å²) in [6.45, 7) is 4.54. The standard InChI is InChI=1S/C20H29N2/c1-3-5-12-18(16-17-10-8-7-9-11-17)19(13-6-4-2)20-21-14-15-22-20/h7-11,14-15,18-19H,3-6,12-13,16H2,1-2H3/q+1. The van der Waals surface area contributed by atoms with Gasteiger partial charge in [-0.2, -0.15) is 0 Å². The topological polar surface area (TPSA) is 24.7 Å². The largest absolute Gasteiger partial charge is 0.244 e. The van der Waals surface area contributed by atoms with Gasteiger partial charge in [0.05, 0.1) is 5.92 Å². The minimum atomic E-state index is 0.502. The minimum Gasteiger partial charge on any atom is -0.0965 e. The van der Waals surface area contributed by atoms with Crippen LogP contribution in [0.15, 0.2) is 40.3 Å². The van der Waals surface area contributed by atoms with Gasteiger partial charge in [0.2, 0.25) is 6.17 Å². The summed E-state index contributed by atoms with van der Waals surface area (Å²) in [6.07, 6.45) is 13.4. The molecule has 1 heterocycles. The van der Waals surface area contributed by atoms with Crippen LogP contribution < -0.4 is 0 Å². The van der Waals surface area contributed by atoms with E-state index in [1.807, 2.05) is 12.4 Å². The average Bonchev–Trinajstić information content (AvgIpc) is 3.08. The van der Waals surface area contributed by atoms with Crippen LogP contribution in [-0.4, -0.2) is 12.4 Å². The van der Waals surface area contributed by atoms with Crippen molar-refractivity contribution in [2.24, 2.45) is 21.8 Å². The Morgan fingerprint density at radius 3 is 2.18 bits per heavy atom. The van der Waals surface area contributed by atoms with Crippen LogP contribution in [0.1, 0.15) is 57.9 Å². The van der Waals surface area contributed by atoms with Gasteiger partial charge in [0.25, 0.3) is 0 Å². The van der Waals surface area contributed by atoms with Crippen LogP contribution in [0.5, 0.6) is 0 Å². The first kappa shape index (κ1) is 16.8. The fourth-order valence-corrected chi connectivity index (χ4v) is 3.27. The lowest BCUT2D eigenvalue weighted by Crippen LogP contribution is -2.22. The highest BCUT2D eigenvalue weighted by molar-refractivity contribution is 6.18. The highest BCUT2D eigenvalue weighted by Gasteiger charge is 2.34. The molecule has 0 aliphatic carbocycles. The third-order valence-corrected chi connectivity index (χ3v) is 4.52. The van der Waals surface area contributed by atoms with Gasteiger partial charge in [0, 0.05) is 0 Å². The molecule has 0 saturated heterocycles. The molecule has 0 N–H and O–H groups in total. The molecule has 0 amide bonds. The molecule has 2 heteroatoms. The first-order valence-electron chi connectivity index (χ1n) is 8.82. The van der Waals surface area contributed by atoms with E-state index in [2.05, 4.69) is 54.2 Å². The van der Waals surface area contributed by atoms with E-state index in [9.17, 15) is 0 Å². The quantitative estimate of drug-likeness (QED) is 0.510. The van der Waals surface area contributed by atoms with Crippen molar-refractivity contribution in [3.05, 3.63) is 42.1 Å². The highest BCUT2D eigenvalue weighted by Crippen LogP contribution is 2.36. The molecule has 118 valence electrons. The van der Waals surface area contributed by atoms with Crippen molar-refractivity contribution in [2.75, 3.05) is 0 Å². The van der Waals surface area contributed by atoms with Gasteiger partial charge < -0.3 is 0 Å². The Labute approximate surface area is 135 Å². The number of unbranched alkanes of at least 4 members (excludes halogenated alkanes) is 2. The zero-order valence-corrected chi connectivity index (χ0v) is 14.0. The van der Waals surface area contributed by atoms with Gasteiger partial charge in [0.1, 0.15) is 0 Å². The van der Waals surface area contributed by atoms with Crippen molar-refractivity contribution in [1.82, 2.24) is 0 Å². The Morgan fingerprint density at radius 1 is 0.909 bits per heavy atom. The van der Waals surface area contributed by atoms with Crippen LogP contribution in [0.3, 0.4) is 0 Å². The van der Waals surface area contributed by atoms with Gasteiger partial charge in [0.15, 0.2) is 12.4 Å². The molecule has 1 aromatic rings. The fraction of sp³-hybridized carbons (Fsp3) is 0.550. The molecule has 2 rings (SSSR count). The number of hydrogen-bond donors (Lipinski definition) is 0. The second-order valence-corrected chi connectivity index (χ2v) is 6.26. The van der Waals surface area contributed by atoms with Crippen molar-refractivity contribution in [1.29, 1.82) is 0 Å². The Hall–Kier alpha value is -1.57. The van der Waals surface area contributed by atoms with Crippen molar-refractivity contribution >= 4 is 12.4 Å². The Kier molecular flexibility index (Phi) is 7.21. The van der Waals surface area contributed by atoms with Crippen LogP contribution in [-0.2, 0) is 6.42 Å². The van der Waals surface area contributed by atoms with E-state index >= 15 is 0 Å². The molecule has 2 nitrogen and oxygen atoms in total. The second-order valence-electron chi connectivity index (χ2n) is 6.26. The van der Waals surface area contributed by atoms with E-state index in [0.29, 0.717) is 11.8 Å². The molecule has 0 radical (unpaired) electrons. The van der Waals surface area contributed by atoms with E-state index < -0.39 is 0 Å². The number of benzene rings is 1. The Bertz CT molecular complexity index is 452. The molecule has 1 aliphatic rings. The molecule has 1 aliphatic heterocycles. The fourth-order valence-electron chi connectivity index (χ4n) is 3.27. The molecule has 2 atom stereocenters. The number of hydrogen-bond acceptors (Lipinski definition) is 2. The molecular formula is C20H29N2+. The summed E-state index contributed by atoms with van der Waals surface area (Å²) >= 11 is 0. The van der Waals surface area contributed by atoms with Crippen LogP contribution in [0.4, 0.5) is 0 Å². The molecule has 0 saturated carbocycles. The summed E-state index contributed by atoms with van der Waals surface area (Å²) in [5, 5.41) is 0. The smallest absolute Gasteiger partial charge is 0.0965 e. The van der Waals surface area contributed by atoms with Crippen LogP contribution in [0.2, 0.25) is 0 Å². The average molecular weight is 297 g/mol. The zero-order valence-electron chi connectivity index (χ0n) is 14.0. The second kappa shape index (κ2) is 9.45. The molecule has 0 spiro atoms. The summed E-state index contributed by atoms with van der Waals surface area (Å²) in [7, 11) is 0. The minimum absolute atomic E-state index is 0.502. The van der Waals surface area contributed by atoms with Gasteiger partial charge in [-0.15, -0.1) is 0 Å². The summed E-state index contributed by atoms with van der Waals surface area (Å²) in [5.41, 5.74) is 1.44. The maximum Gasteiger partial charge on any atom is 0.244 e. The molecule has 0 fully saturated rings. The molecule has 2 unspecified atom stereocenters. The summed E-state index contributed by atoms with van der Waals surface area (Å²) in [4.78, 5) is 9.06. The molecule has 0 bridgehead atoms. The molecular weight excluding hydrogens is 268 g/mol. The Balaban J connectivity index is 2.11. The number of aliphatic imine (C=N–C) groups is 2. The van der Waals surface area contributed by atoms with Crippen LogP contribution in [0, 0.1) is 18.0 Å². The monoisotopic (exact) mass is 297 g/mol. The predicted octanol–water partition coefficient (Wildman–Crippen LogP) is 5.49. The van der Waals surface area contributed by atoms with Crippen molar-refractivity contribution in [3.63, 3.8) is 0 Å². The lowest BCUT2D eigenvalue weighted by molar-refractivity contribution is 0.288. The number of nitrogens with zero attached hydrogens (tertiary/aromatic N) is 2. The van der Waals surface area contributed by atoms with Crippen LogP contribution >= 0.6 is 0 Å². The summed E-state index contributed by atoms with van der Waals surface area (Å²) in [5.74, 6) is 1.15. The van der Waals surface area contributed by atoms with Gasteiger partial charge in [-0.3, -0.25) is 0 Å². The first-order chi connectivity index (χ1) is 10.8. The highest BCUT2D eigenvalue weighted by atomic mass is 15.0. The number of rotatable bonds is 10. The van der Waals surface area contributed by atoms with E-state index in [4.69, 9.17) is 0 Å². The third kappa shape index (κ3) is 5.01.